The fraction of sp³-hybridized carbons (Fsp3) is 0. The third-order valence-corrected chi connectivity index (χ3v) is 8.89. The summed E-state index contributed by atoms with van der Waals surface area (Å²) in [6.45, 7) is 0. The van der Waals surface area contributed by atoms with Gasteiger partial charge in [0.2, 0.25) is 0 Å². The van der Waals surface area contributed by atoms with Gasteiger partial charge in [0.1, 0.15) is 0 Å². The Bertz CT molecular complexity index is 2150. The zero-order chi connectivity index (χ0) is 31.4. The molecule has 0 aromatic heterocycles. The summed E-state index contributed by atoms with van der Waals surface area (Å²) in [4.78, 5) is 2.34. The lowest BCUT2D eigenvalue weighted by molar-refractivity contribution is 1.28. The molecule has 0 atom stereocenters. The van der Waals surface area contributed by atoms with Gasteiger partial charge in [0.15, 0.2) is 0 Å². The van der Waals surface area contributed by atoms with Gasteiger partial charge in [-0.25, -0.2) is 0 Å². The molecule has 0 heterocycles. The number of benzene rings is 8. The molecule has 0 aliphatic rings. The first-order valence-electron chi connectivity index (χ1n) is 16.1. The van der Waals surface area contributed by atoms with Crippen LogP contribution in [0.4, 0.5) is 17.1 Å². The van der Waals surface area contributed by atoms with Crippen LogP contribution in [0.5, 0.6) is 0 Å². The zero-order valence-electron chi connectivity index (χ0n) is 26.0. The summed E-state index contributed by atoms with van der Waals surface area (Å²) in [5.41, 5.74) is 13.1. The summed E-state index contributed by atoms with van der Waals surface area (Å²) < 4.78 is 0. The van der Waals surface area contributed by atoms with Crippen molar-refractivity contribution in [3.8, 4) is 44.5 Å². The second kappa shape index (κ2) is 12.7. The summed E-state index contributed by atoms with van der Waals surface area (Å²) >= 11 is 0. The summed E-state index contributed by atoms with van der Waals surface area (Å²) in [5.74, 6) is 0. The van der Waals surface area contributed by atoms with Gasteiger partial charge in [0, 0.05) is 17.1 Å². The second-order valence-corrected chi connectivity index (χ2v) is 11.8. The average molecular weight is 600 g/mol. The Kier molecular flexibility index (Phi) is 7.63. The molecule has 8 aromatic carbocycles. The van der Waals surface area contributed by atoms with Crippen molar-refractivity contribution in [2.45, 2.75) is 0 Å². The molecule has 222 valence electrons. The van der Waals surface area contributed by atoms with Crippen molar-refractivity contribution in [1.82, 2.24) is 0 Å². The van der Waals surface area contributed by atoms with E-state index < -0.39 is 0 Å². The summed E-state index contributed by atoms with van der Waals surface area (Å²) in [5, 5.41) is 2.52. The number of hydrogen-bond acceptors (Lipinski definition) is 1. The Labute approximate surface area is 276 Å². The van der Waals surface area contributed by atoms with Crippen molar-refractivity contribution in [2.24, 2.45) is 0 Å². The molecular weight excluding hydrogens is 567 g/mol. The van der Waals surface area contributed by atoms with Crippen molar-refractivity contribution in [1.29, 1.82) is 0 Å². The van der Waals surface area contributed by atoms with E-state index >= 15 is 0 Å². The molecule has 0 N–H and O–H groups in total. The summed E-state index contributed by atoms with van der Waals surface area (Å²) in [7, 11) is 0. The van der Waals surface area contributed by atoms with Crippen LogP contribution in [-0.4, -0.2) is 0 Å². The number of rotatable bonds is 7. The largest absolute Gasteiger partial charge is 0.311 e. The smallest absolute Gasteiger partial charge is 0.0462 e. The minimum atomic E-state index is 1.11. The van der Waals surface area contributed by atoms with E-state index in [4.69, 9.17) is 0 Å². The molecule has 8 rings (SSSR count). The minimum Gasteiger partial charge on any atom is -0.311 e. The first kappa shape index (κ1) is 28.3. The van der Waals surface area contributed by atoms with Gasteiger partial charge < -0.3 is 4.90 Å². The van der Waals surface area contributed by atoms with Gasteiger partial charge in [-0.05, 0) is 91.7 Å². The normalized spacial score (nSPS) is 11.0. The van der Waals surface area contributed by atoms with Crippen molar-refractivity contribution in [3.63, 3.8) is 0 Å². The van der Waals surface area contributed by atoms with E-state index in [2.05, 4.69) is 205 Å². The minimum absolute atomic E-state index is 1.11. The van der Waals surface area contributed by atoms with Gasteiger partial charge in [-0.1, -0.05) is 164 Å². The molecule has 0 saturated heterocycles. The van der Waals surface area contributed by atoms with E-state index in [1.54, 1.807) is 0 Å². The quantitative estimate of drug-likeness (QED) is 0.176. The highest BCUT2D eigenvalue weighted by molar-refractivity contribution is 6.06. The molecule has 0 amide bonds. The lowest BCUT2D eigenvalue weighted by Crippen LogP contribution is -2.09. The molecule has 0 bridgehead atoms. The third kappa shape index (κ3) is 5.72. The molecule has 0 spiro atoms. The predicted molar refractivity (Wildman–Crippen MR) is 200 cm³/mol. The Balaban J connectivity index is 1.20. The van der Waals surface area contributed by atoms with Crippen molar-refractivity contribution < 1.29 is 0 Å². The summed E-state index contributed by atoms with van der Waals surface area (Å²) in [6.07, 6.45) is 0. The maximum atomic E-state index is 2.34. The Hall–Kier alpha value is -6.18. The van der Waals surface area contributed by atoms with Crippen molar-refractivity contribution in [3.05, 3.63) is 200 Å². The van der Waals surface area contributed by atoms with E-state index in [0.717, 1.165) is 17.1 Å². The standard InChI is InChI=1S/C46H33N/c1-4-12-34(13-5-1)36-22-28-41(29-23-36)47(42-30-24-37(25-31-42)35-14-6-2-7-15-35)43-32-26-39(27-33-43)45-21-11-19-40-18-10-20-44(46(40)45)38-16-8-3-9-17-38/h1-33H. The molecule has 8 aromatic rings. The second-order valence-electron chi connectivity index (χ2n) is 11.8. The summed E-state index contributed by atoms with van der Waals surface area (Å²) in [6, 6.07) is 71.7. The first-order valence-corrected chi connectivity index (χ1v) is 16.1. The fourth-order valence-corrected chi connectivity index (χ4v) is 6.54. The van der Waals surface area contributed by atoms with Gasteiger partial charge in [-0.2, -0.15) is 0 Å². The van der Waals surface area contributed by atoms with Crippen molar-refractivity contribution in [2.75, 3.05) is 4.90 Å². The number of hydrogen-bond donors (Lipinski definition) is 0. The fourth-order valence-electron chi connectivity index (χ4n) is 6.54. The monoisotopic (exact) mass is 599 g/mol. The third-order valence-electron chi connectivity index (χ3n) is 8.89. The highest BCUT2D eigenvalue weighted by Gasteiger charge is 2.15. The molecule has 0 unspecified atom stereocenters. The predicted octanol–water partition coefficient (Wildman–Crippen LogP) is 13.0. The molecule has 47 heavy (non-hydrogen) atoms. The van der Waals surface area contributed by atoms with Crippen LogP contribution in [0.25, 0.3) is 55.3 Å². The lowest BCUT2D eigenvalue weighted by atomic mass is 9.91. The Morgan fingerprint density at radius 3 is 0.957 bits per heavy atom. The van der Waals surface area contributed by atoms with E-state index in [0.29, 0.717) is 0 Å². The van der Waals surface area contributed by atoms with Crippen LogP contribution in [0.1, 0.15) is 0 Å². The van der Waals surface area contributed by atoms with Crippen LogP contribution in [0.15, 0.2) is 200 Å². The first-order chi connectivity index (χ1) is 23.3. The van der Waals surface area contributed by atoms with Crippen LogP contribution in [-0.2, 0) is 0 Å². The molecule has 0 aliphatic heterocycles. The number of fused-ring (bicyclic) bond motifs is 1. The average Bonchev–Trinajstić information content (AvgIpc) is 3.16. The molecule has 0 aliphatic carbocycles. The van der Waals surface area contributed by atoms with Crippen LogP contribution in [0.2, 0.25) is 0 Å². The van der Waals surface area contributed by atoms with Crippen LogP contribution >= 0.6 is 0 Å². The molecule has 1 nitrogen and oxygen atoms in total. The van der Waals surface area contributed by atoms with Gasteiger partial charge in [0.05, 0.1) is 0 Å². The highest BCUT2D eigenvalue weighted by atomic mass is 15.1. The maximum Gasteiger partial charge on any atom is 0.0462 e. The number of nitrogens with zero attached hydrogens (tertiary/aromatic N) is 1. The van der Waals surface area contributed by atoms with Gasteiger partial charge in [0.25, 0.3) is 0 Å². The molecule has 0 fully saturated rings. The SMILES string of the molecule is c1ccc(-c2ccc(N(c3ccc(-c4ccccc4)cc3)c3ccc(-c4cccc5cccc(-c6ccccc6)c45)cc3)cc2)cc1. The lowest BCUT2D eigenvalue weighted by Gasteiger charge is -2.26. The van der Waals surface area contributed by atoms with E-state index in [1.807, 2.05) is 0 Å². The van der Waals surface area contributed by atoms with E-state index in [9.17, 15) is 0 Å². The van der Waals surface area contributed by atoms with Gasteiger partial charge >= 0.3 is 0 Å². The van der Waals surface area contributed by atoms with E-state index in [1.165, 1.54) is 55.3 Å². The molecule has 1 heteroatoms. The van der Waals surface area contributed by atoms with Crippen molar-refractivity contribution >= 4 is 27.8 Å². The molecule has 0 saturated carbocycles. The zero-order valence-corrected chi connectivity index (χ0v) is 26.0. The van der Waals surface area contributed by atoms with E-state index in [-0.39, 0.29) is 0 Å². The maximum absolute atomic E-state index is 2.34. The Morgan fingerprint density at radius 1 is 0.234 bits per heavy atom. The Morgan fingerprint density at radius 2 is 0.553 bits per heavy atom. The van der Waals surface area contributed by atoms with Crippen LogP contribution < -0.4 is 4.90 Å². The molecular formula is C46H33N. The number of anilines is 3. The topological polar surface area (TPSA) is 3.24 Å². The van der Waals surface area contributed by atoms with Crippen LogP contribution in [0.3, 0.4) is 0 Å². The highest BCUT2D eigenvalue weighted by Crippen LogP contribution is 2.40. The van der Waals surface area contributed by atoms with Gasteiger partial charge in [-0.3, -0.25) is 0 Å². The van der Waals surface area contributed by atoms with Crippen LogP contribution in [0, 0.1) is 0 Å². The molecule has 0 radical (unpaired) electrons. The van der Waals surface area contributed by atoms with Gasteiger partial charge in [-0.15, -0.1) is 0 Å².